The average Bonchev–Trinajstić information content (AvgIpc) is 3.75. The number of hydrogen-bond acceptors (Lipinski definition) is 1. The van der Waals surface area contributed by atoms with E-state index in [2.05, 4.69) is 182 Å². The van der Waals surface area contributed by atoms with E-state index < -0.39 is 32.6 Å². The summed E-state index contributed by atoms with van der Waals surface area (Å²) in [6, 6.07) is 32.4. The van der Waals surface area contributed by atoms with Crippen LogP contribution in [-0.4, -0.2) is 25.6 Å². The van der Waals surface area contributed by atoms with Gasteiger partial charge in [0, 0.05) is 0 Å². The van der Waals surface area contributed by atoms with Gasteiger partial charge in [-0.25, -0.2) is 0 Å². The maximum atomic E-state index is 9.23. The second kappa shape index (κ2) is 17.3. The first-order chi connectivity index (χ1) is 26.9. The van der Waals surface area contributed by atoms with Crippen LogP contribution in [0.1, 0.15) is 133 Å². The molecule has 0 heterocycles. The Morgan fingerprint density at radius 2 is 0.930 bits per heavy atom. The number of benzene rings is 4. The number of rotatable bonds is 16. The number of hydrogen-bond donors (Lipinski definition) is 0. The van der Waals surface area contributed by atoms with Crippen LogP contribution in [0.3, 0.4) is 0 Å². The molecule has 57 heavy (non-hydrogen) atoms. The van der Waals surface area contributed by atoms with E-state index >= 15 is 0 Å². The molecule has 4 unspecified atom stereocenters. The van der Waals surface area contributed by atoms with E-state index in [4.69, 9.17) is 0 Å². The molecule has 2 aliphatic carbocycles. The molecule has 4 aromatic carbocycles. The van der Waals surface area contributed by atoms with Crippen molar-refractivity contribution in [2.75, 3.05) is 0 Å². The van der Waals surface area contributed by atoms with Crippen LogP contribution in [0.15, 0.2) is 96.1 Å². The van der Waals surface area contributed by atoms with Crippen molar-refractivity contribution >= 4 is 50.6 Å². The maximum absolute atomic E-state index is 9.23. The summed E-state index contributed by atoms with van der Waals surface area (Å²) in [6.45, 7) is 29.2. The zero-order valence-electron chi connectivity index (χ0n) is 37.2. The van der Waals surface area contributed by atoms with E-state index in [1.165, 1.54) is 66.8 Å². The molecule has 0 spiro atoms. The van der Waals surface area contributed by atoms with Gasteiger partial charge in [0.05, 0.1) is 0 Å². The minimum atomic E-state index is -5.32. The van der Waals surface area contributed by atoms with Gasteiger partial charge in [-0.2, -0.15) is 0 Å². The second-order valence-electron chi connectivity index (χ2n) is 19.5. The van der Waals surface area contributed by atoms with Crippen LogP contribution in [0, 0.1) is 0 Å². The van der Waals surface area contributed by atoms with Crippen molar-refractivity contribution in [2.45, 2.75) is 138 Å². The van der Waals surface area contributed by atoms with E-state index in [1.54, 1.807) is 0 Å². The summed E-state index contributed by atoms with van der Waals surface area (Å²) in [4.78, 5) is 0.827. The molecule has 0 N–H and O–H groups in total. The van der Waals surface area contributed by atoms with E-state index in [-0.39, 0.29) is 7.25 Å². The third kappa shape index (κ3) is 8.48. The van der Waals surface area contributed by atoms with Crippen molar-refractivity contribution in [1.82, 2.24) is 4.14 Å². The molecule has 6 rings (SSSR count). The predicted octanol–water partition coefficient (Wildman–Crippen LogP) is 16.5. The normalized spacial score (nSPS) is 18.7. The van der Waals surface area contributed by atoms with Gasteiger partial charge < -0.3 is 0 Å². The van der Waals surface area contributed by atoms with Crippen LogP contribution in [0.2, 0.25) is 39.3 Å². The van der Waals surface area contributed by atoms with Gasteiger partial charge in [-0.05, 0) is 0 Å². The molecule has 2 aliphatic rings. The molecule has 0 aromatic heterocycles. The Morgan fingerprint density at radius 3 is 1.28 bits per heavy atom. The fourth-order valence-electron chi connectivity index (χ4n) is 10.7. The van der Waals surface area contributed by atoms with Crippen molar-refractivity contribution < 1.29 is 16.2 Å². The van der Waals surface area contributed by atoms with Gasteiger partial charge in [-0.3, -0.25) is 0 Å². The average molecular weight is 913 g/mol. The molecule has 0 radical (unpaired) electrons. The van der Waals surface area contributed by atoms with Crippen LogP contribution in [-0.2, 0) is 16.2 Å². The monoisotopic (exact) mass is 910 g/mol. The molecule has 303 valence electrons. The third-order valence-electron chi connectivity index (χ3n) is 13.4. The Kier molecular flexibility index (Phi) is 13.6. The molecule has 0 saturated heterocycles. The van der Waals surface area contributed by atoms with E-state index in [0.29, 0.717) is 11.8 Å². The van der Waals surface area contributed by atoms with Crippen LogP contribution in [0.5, 0.6) is 0 Å². The molecular formula is C50H69BCl2NSi2Zr. The number of allylic oxidation sites excluding steroid dienone is 2. The molecular weight excluding hydrogens is 844 g/mol. The summed E-state index contributed by atoms with van der Waals surface area (Å²) in [5.74, 6) is 0.940. The van der Waals surface area contributed by atoms with Crippen LogP contribution in [0.25, 0.3) is 34.4 Å². The first-order valence-corrected chi connectivity index (χ1v) is 39.9. The van der Waals surface area contributed by atoms with Gasteiger partial charge >= 0.3 is 361 Å². The Hall–Kier alpha value is -1.72. The van der Waals surface area contributed by atoms with Gasteiger partial charge in [0.1, 0.15) is 0 Å². The van der Waals surface area contributed by atoms with Gasteiger partial charge in [0.15, 0.2) is 0 Å². The standard InChI is InChI=1S/2C22H25.C6H19BNSi2.2ClH.Zr/c2*1-4-9-17-14-18-10-8-13-21(22(18)15-17)20-12-7-6-11-19(20)16(3)5-2;1-9(2,3)8(7)10(4,5)6;;;/h2*6-8,10-16H,4-5,9H2,1-3H3;7H,1-6H3;2*1H;/q;;+1;;;+1/p-2. The van der Waals surface area contributed by atoms with Crippen LogP contribution in [0.4, 0.5) is 0 Å². The fourth-order valence-corrected chi connectivity index (χ4v) is 53.0. The number of halogens is 2. The van der Waals surface area contributed by atoms with Crippen molar-refractivity contribution in [2.24, 2.45) is 0 Å². The summed E-state index contributed by atoms with van der Waals surface area (Å²) in [6.07, 6.45) is 11.5. The molecule has 0 amide bonds. The fraction of sp³-hybridized carbons (Fsp3) is 0.440. The quantitative estimate of drug-likeness (QED) is 0.101. The topological polar surface area (TPSA) is 3.24 Å². The van der Waals surface area contributed by atoms with Gasteiger partial charge in [-0.15, -0.1) is 0 Å². The summed E-state index contributed by atoms with van der Waals surface area (Å²) in [5.41, 5.74) is 16.6. The summed E-state index contributed by atoms with van der Waals surface area (Å²) >= 11 is -5.32. The SMILES string of the molecule is CCCC1=Cc2c(-c3ccccc3C(C)CC)cccc2[CH]1[Zr]([Cl])([Cl])([BH]N([Si](C)(C)C)[Si](C)(C)C)[CH]1C(CCC)=Cc2c(-c3ccccc3C(C)CC)cccc21. The van der Waals surface area contributed by atoms with Gasteiger partial charge in [-0.1, -0.05) is 0 Å². The summed E-state index contributed by atoms with van der Waals surface area (Å²) < 4.78 is 2.99. The molecule has 4 aromatic rings. The molecule has 7 heteroatoms. The second-order valence-corrected chi connectivity index (χ2v) is 51.7. The minimum absolute atomic E-state index is 0.0166. The Bertz CT molecular complexity index is 2020. The first-order valence-electron chi connectivity index (χ1n) is 22.1. The van der Waals surface area contributed by atoms with E-state index in [1.807, 2.05) is 0 Å². The number of fused-ring (bicyclic) bond motifs is 2. The van der Waals surface area contributed by atoms with Crippen molar-refractivity contribution in [3.8, 4) is 22.3 Å². The van der Waals surface area contributed by atoms with Gasteiger partial charge in [0.25, 0.3) is 0 Å². The summed E-state index contributed by atoms with van der Waals surface area (Å²) in [7, 11) is 14.7. The van der Waals surface area contributed by atoms with Gasteiger partial charge in [0.2, 0.25) is 0 Å². The molecule has 1 nitrogen and oxygen atoms in total. The first kappa shape index (κ1) is 44.8. The molecule has 0 fully saturated rings. The van der Waals surface area contributed by atoms with E-state index in [0.717, 1.165) is 43.5 Å². The van der Waals surface area contributed by atoms with Crippen LogP contribution < -0.4 is 0 Å². The molecule has 4 atom stereocenters. The van der Waals surface area contributed by atoms with Crippen molar-refractivity contribution in [1.29, 1.82) is 0 Å². The molecule has 0 aliphatic heterocycles. The zero-order valence-corrected chi connectivity index (χ0v) is 43.2. The Labute approximate surface area is 358 Å². The molecule has 0 saturated carbocycles. The predicted molar refractivity (Wildman–Crippen MR) is 260 cm³/mol. The third-order valence-corrected chi connectivity index (χ3v) is 40.5. The summed E-state index contributed by atoms with van der Waals surface area (Å²) in [5, 5.41) is 0. The van der Waals surface area contributed by atoms with Crippen molar-refractivity contribution in [3.63, 3.8) is 0 Å². The van der Waals surface area contributed by atoms with Crippen molar-refractivity contribution in [3.05, 3.63) is 129 Å². The Balaban J connectivity index is 1.69. The number of nitrogens with zero attached hydrogens (tertiary/aromatic N) is 1. The zero-order chi connectivity index (χ0) is 41.5. The van der Waals surface area contributed by atoms with E-state index in [9.17, 15) is 17.0 Å². The van der Waals surface area contributed by atoms with Crippen LogP contribution >= 0.6 is 17.0 Å². The Morgan fingerprint density at radius 1 is 0.561 bits per heavy atom. The molecule has 0 bridgehead atoms.